The monoisotopic (exact) mass is 320 g/mol. The van der Waals surface area contributed by atoms with E-state index in [4.69, 9.17) is 9.47 Å². The fourth-order valence-corrected chi connectivity index (χ4v) is 3.16. The number of nitrogens with zero attached hydrogens (tertiary/aromatic N) is 1. The number of hydrogen-bond donors (Lipinski definition) is 1. The van der Waals surface area contributed by atoms with Gasteiger partial charge in [0.1, 0.15) is 11.4 Å². The van der Waals surface area contributed by atoms with Crippen molar-refractivity contribution in [1.82, 2.24) is 4.98 Å². The van der Waals surface area contributed by atoms with E-state index in [1.807, 2.05) is 0 Å². The van der Waals surface area contributed by atoms with Crippen LogP contribution in [0.25, 0.3) is 0 Å². The van der Waals surface area contributed by atoms with Gasteiger partial charge in [0, 0.05) is 22.2 Å². The van der Waals surface area contributed by atoms with Crippen LogP contribution < -0.4 is 10.1 Å². The average molecular weight is 320 g/mol. The smallest absolute Gasteiger partial charge is 0.343 e. The fraction of sp³-hybridized carbons (Fsp3) is 0.375. The van der Waals surface area contributed by atoms with Crippen LogP contribution in [0.3, 0.4) is 0 Å². The summed E-state index contributed by atoms with van der Waals surface area (Å²) >= 11 is 1.80. The Hall–Kier alpha value is -2.08. The van der Waals surface area contributed by atoms with Gasteiger partial charge in [0.2, 0.25) is 5.88 Å². The summed E-state index contributed by atoms with van der Waals surface area (Å²) in [4.78, 5) is 18.6. The summed E-state index contributed by atoms with van der Waals surface area (Å²) in [6.07, 6.45) is 0.918. The lowest BCUT2D eigenvalue weighted by Crippen LogP contribution is -2.19. The Bertz CT molecular complexity index is 655. The summed E-state index contributed by atoms with van der Waals surface area (Å²) in [5, 5.41) is 3.32. The number of thiophene rings is 1. The molecule has 1 unspecified atom stereocenters. The first-order chi connectivity index (χ1) is 10.5. The van der Waals surface area contributed by atoms with Crippen LogP contribution in [0.5, 0.6) is 5.88 Å². The number of esters is 1. The Morgan fingerprint density at radius 2 is 2.09 bits per heavy atom. The maximum Gasteiger partial charge on any atom is 0.343 e. The Balaban J connectivity index is 2.07. The largest absolute Gasteiger partial charge is 0.480 e. The van der Waals surface area contributed by atoms with E-state index in [1.54, 1.807) is 23.5 Å². The lowest BCUT2D eigenvalue weighted by molar-refractivity contribution is 0.0596. The standard InChI is InChI=1S/C16H20N2O3S/c1-10(9-12-6-5-11(2)22-12)17-14-8-7-13(16(19)21-4)15(18-14)20-3/h5-8,10H,9H2,1-4H3,(H,17,18). The third-order valence-corrected chi connectivity index (χ3v) is 4.18. The Morgan fingerprint density at radius 3 is 2.68 bits per heavy atom. The summed E-state index contributed by atoms with van der Waals surface area (Å²) in [5.41, 5.74) is 0.317. The SMILES string of the molecule is COC(=O)c1ccc(NC(C)Cc2ccc(C)s2)nc1OC. The summed E-state index contributed by atoms with van der Waals surface area (Å²) in [7, 11) is 2.81. The van der Waals surface area contributed by atoms with Crippen LogP contribution in [-0.4, -0.2) is 31.2 Å². The van der Waals surface area contributed by atoms with Gasteiger partial charge in [0.25, 0.3) is 0 Å². The van der Waals surface area contributed by atoms with E-state index in [-0.39, 0.29) is 11.9 Å². The van der Waals surface area contributed by atoms with E-state index in [0.29, 0.717) is 11.4 Å². The zero-order valence-corrected chi connectivity index (χ0v) is 14.0. The number of pyridine rings is 1. The van der Waals surface area contributed by atoms with Crippen molar-refractivity contribution in [3.8, 4) is 5.88 Å². The minimum atomic E-state index is -0.460. The highest BCUT2D eigenvalue weighted by Crippen LogP contribution is 2.21. The highest BCUT2D eigenvalue weighted by atomic mass is 32.1. The molecule has 0 radical (unpaired) electrons. The number of carbonyl (C=O) groups excluding carboxylic acids is 1. The molecule has 1 atom stereocenters. The van der Waals surface area contributed by atoms with Gasteiger partial charge in [-0.25, -0.2) is 4.79 Å². The second kappa shape index (κ2) is 7.26. The molecule has 22 heavy (non-hydrogen) atoms. The van der Waals surface area contributed by atoms with E-state index in [2.05, 4.69) is 36.3 Å². The minimum absolute atomic E-state index is 0.222. The topological polar surface area (TPSA) is 60.5 Å². The van der Waals surface area contributed by atoms with Gasteiger partial charge >= 0.3 is 5.97 Å². The second-order valence-corrected chi connectivity index (χ2v) is 6.38. The maximum absolute atomic E-state index is 11.6. The number of aromatic nitrogens is 1. The van der Waals surface area contributed by atoms with E-state index in [0.717, 1.165) is 6.42 Å². The van der Waals surface area contributed by atoms with Crippen molar-refractivity contribution in [3.05, 3.63) is 39.6 Å². The Kier molecular flexibility index (Phi) is 5.38. The van der Waals surface area contributed by atoms with E-state index >= 15 is 0 Å². The van der Waals surface area contributed by atoms with Crippen LogP contribution in [0, 0.1) is 6.92 Å². The molecule has 0 saturated heterocycles. The fourth-order valence-electron chi connectivity index (χ4n) is 2.14. The molecule has 0 aliphatic rings. The number of methoxy groups -OCH3 is 2. The number of rotatable bonds is 6. The van der Waals surface area contributed by atoms with Crippen LogP contribution >= 0.6 is 11.3 Å². The molecule has 0 aliphatic carbocycles. The Labute approximate surface area is 134 Å². The molecular weight excluding hydrogens is 300 g/mol. The highest BCUT2D eigenvalue weighted by molar-refractivity contribution is 7.11. The summed E-state index contributed by atoms with van der Waals surface area (Å²) in [5.74, 6) is 0.472. The van der Waals surface area contributed by atoms with Crippen LogP contribution in [0.4, 0.5) is 5.82 Å². The van der Waals surface area contributed by atoms with Gasteiger partial charge in [-0.05, 0) is 38.1 Å². The molecule has 1 N–H and O–H groups in total. The van der Waals surface area contributed by atoms with Gasteiger partial charge in [0.15, 0.2) is 0 Å². The number of aryl methyl sites for hydroxylation is 1. The predicted octanol–water partition coefficient (Wildman–Crippen LogP) is 3.29. The molecule has 0 spiro atoms. The number of ether oxygens (including phenoxy) is 2. The molecular formula is C16H20N2O3S. The molecule has 6 heteroatoms. The van der Waals surface area contributed by atoms with E-state index in [1.165, 1.54) is 24.0 Å². The van der Waals surface area contributed by atoms with Gasteiger partial charge in [-0.3, -0.25) is 0 Å². The summed E-state index contributed by atoms with van der Waals surface area (Å²) in [6, 6.07) is 7.90. The quantitative estimate of drug-likeness (QED) is 0.828. The van der Waals surface area contributed by atoms with Gasteiger partial charge < -0.3 is 14.8 Å². The van der Waals surface area contributed by atoms with Crippen molar-refractivity contribution in [2.45, 2.75) is 26.3 Å². The van der Waals surface area contributed by atoms with Crippen molar-refractivity contribution >= 4 is 23.1 Å². The average Bonchev–Trinajstić information content (AvgIpc) is 2.91. The van der Waals surface area contributed by atoms with Crippen molar-refractivity contribution in [2.24, 2.45) is 0 Å². The van der Waals surface area contributed by atoms with Crippen molar-refractivity contribution < 1.29 is 14.3 Å². The van der Waals surface area contributed by atoms with Crippen LogP contribution in [0.1, 0.15) is 27.0 Å². The molecule has 118 valence electrons. The zero-order valence-electron chi connectivity index (χ0n) is 13.2. The predicted molar refractivity (Wildman–Crippen MR) is 88.0 cm³/mol. The Morgan fingerprint density at radius 1 is 1.32 bits per heavy atom. The number of hydrogen-bond acceptors (Lipinski definition) is 6. The van der Waals surface area contributed by atoms with Crippen LogP contribution in [-0.2, 0) is 11.2 Å². The molecule has 0 aliphatic heterocycles. The molecule has 0 amide bonds. The molecule has 2 aromatic heterocycles. The number of carbonyl (C=O) groups is 1. The second-order valence-electron chi connectivity index (χ2n) is 5.01. The zero-order chi connectivity index (χ0) is 16.1. The van der Waals surface area contributed by atoms with Gasteiger partial charge in [0.05, 0.1) is 14.2 Å². The van der Waals surface area contributed by atoms with Crippen molar-refractivity contribution in [1.29, 1.82) is 0 Å². The molecule has 2 rings (SSSR count). The van der Waals surface area contributed by atoms with Gasteiger partial charge in [-0.1, -0.05) is 0 Å². The van der Waals surface area contributed by atoms with E-state index in [9.17, 15) is 4.79 Å². The third-order valence-electron chi connectivity index (χ3n) is 3.16. The molecule has 2 aromatic rings. The molecule has 5 nitrogen and oxygen atoms in total. The van der Waals surface area contributed by atoms with Crippen LogP contribution in [0.15, 0.2) is 24.3 Å². The molecule has 0 saturated carbocycles. The third kappa shape index (κ3) is 3.98. The first-order valence-corrected chi connectivity index (χ1v) is 7.80. The van der Waals surface area contributed by atoms with Crippen molar-refractivity contribution in [3.63, 3.8) is 0 Å². The maximum atomic E-state index is 11.6. The van der Waals surface area contributed by atoms with Gasteiger partial charge in [-0.15, -0.1) is 11.3 Å². The normalized spacial score (nSPS) is 11.8. The molecule has 0 bridgehead atoms. The first-order valence-electron chi connectivity index (χ1n) is 6.98. The molecule has 0 aromatic carbocycles. The molecule has 0 fully saturated rings. The minimum Gasteiger partial charge on any atom is -0.480 e. The number of anilines is 1. The highest BCUT2D eigenvalue weighted by Gasteiger charge is 2.15. The van der Waals surface area contributed by atoms with Gasteiger partial charge in [-0.2, -0.15) is 4.98 Å². The van der Waals surface area contributed by atoms with Crippen molar-refractivity contribution in [2.75, 3.05) is 19.5 Å². The lowest BCUT2D eigenvalue weighted by atomic mass is 10.2. The summed E-state index contributed by atoms with van der Waals surface area (Å²) in [6.45, 7) is 4.20. The van der Waals surface area contributed by atoms with Crippen LogP contribution in [0.2, 0.25) is 0 Å². The van der Waals surface area contributed by atoms with E-state index < -0.39 is 5.97 Å². The first kappa shape index (κ1) is 16.3. The lowest BCUT2D eigenvalue weighted by Gasteiger charge is -2.15. The summed E-state index contributed by atoms with van der Waals surface area (Å²) < 4.78 is 9.87. The molecule has 2 heterocycles. The number of nitrogens with one attached hydrogen (secondary N) is 1.